The number of carbonyl (C=O) groups is 1. The van der Waals surface area contributed by atoms with Crippen LogP contribution in [0.25, 0.3) is 0 Å². The van der Waals surface area contributed by atoms with Crippen LogP contribution in [-0.2, 0) is 24.1 Å². The number of rotatable bonds is 4. The van der Waals surface area contributed by atoms with E-state index in [9.17, 15) is 4.79 Å². The Morgan fingerprint density at radius 2 is 2.40 bits per heavy atom. The molecule has 15 heavy (non-hydrogen) atoms. The van der Waals surface area contributed by atoms with Gasteiger partial charge < -0.3 is 5.32 Å². The van der Waals surface area contributed by atoms with E-state index in [-0.39, 0.29) is 5.91 Å². The van der Waals surface area contributed by atoms with Crippen LogP contribution >= 0.6 is 11.3 Å². The molecule has 4 heteroatoms. The first-order valence-electron chi connectivity index (χ1n) is 5.53. The molecule has 0 aromatic carbocycles. The van der Waals surface area contributed by atoms with Crippen LogP contribution in [0, 0.1) is 0 Å². The molecule has 82 valence electrons. The van der Waals surface area contributed by atoms with E-state index in [1.807, 2.05) is 18.3 Å². The fourth-order valence-electron chi connectivity index (χ4n) is 1.78. The minimum atomic E-state index is 0.124. The van der Waals surface area contributed by atoms with Gasteiger partial charge in [-0.2, -0.15) is 0 Å². The maximum Gasteiger partial charge on any atom is 0.219 e. The fraction of sp³-hybridized carbons (Fsp3) is 0.636. The smallest absolute Gasteiger partial charge is 0.219 e. The highest BCUT2D eigenvalue weighted by Gasteiger charge is 2.16. The molecule has 1 aromatic rings. The summed E-state index contributed by atoms with van der Waals surface area (Å²) >= 11 is 1.82. The highest BCUT2D eigenvalue weighted by Crippen LogP contribution is 2.27. The van der Waals surface area contributed by atoms with Crippen molar-refractivity contribution in [3.63, 3.8) is 0 Å². The third-order valence-corrected chi connectivity index (χ3v) is 3.84. The van der Waals surface area contributed by atoms with E-state index in [0.29, 0.717) is 6.42 Å². The van der Waals surface area contributed by atoms with E-state index >= 15 is 0 Å². The number of nitrogens with one attached hydrogen (secondary N) is 1. The second-order valence-corrected chi connectivity index (χ2v) is 4.95. The molecule has 2 rings (SSSR count). The first kappa shape index (κ1) is 10.6. The van der Waals surface area contributed by atoms with Gasteiger partial charge in [-0.3, -0.25) is 4.79 Å². The Morgan fingerprint density at radius 3 is 3.13 bits per heavy atom. The lowest BCUT2D eigenvalue weighted by Crippen LogP contribution is -2.24. The molecule has 0 bridgehead atoms. The van der Waals surface area contributed by atoms with Crippen LogP contribution in [0.15, 0.2) is 0 Å². The van der Waals surface area contributed by atoms with Gasteiger partial charge in [0.1, 0.15) is 0 Å². The molecule has 0 unspecified atom stereocenters. The van der Waals surface area contributed by atoms with Crippen LogP contribution in [0.5, 0.6) is 0 Å². The Morgan fingerprint density at radius 1 is 1.53 bits per heavy atom. The van der Waals surface area contributed by atoms with Gasteiger partial charge >= 0.3 is 0 Å². The maximum atomic E-state index is 11.0. The van der Waals surface area contributed by atoms with Crippen LogP contribution in [0.4, 0.5) is 0 Å². The van der Waals surface area contributed by atoms with E-state index in [4.69, 9.17) is 0 Å². The molecule has 1 aromatic heterocycles. The average molecular weight is 224 g/mol. The first-order chi connectivity index (χ1) is 7.29. The topological polar surface area (TPSA) is 42.0 Å². The standard InChI is InChI=1S/C11H16N2OS/c1-2-10(14)12-7-6-11-13-8-4-3-5-9(8)15-11/h2-7H2,1H3,(H,12,14). The van der Waals surface area contributed by atoms with Crippen molar-refractivity contribution >= 4 is 17.2 Å². The van der Waals surface area contributed by atoms with Gasteiger partial charge in [0.2, 0.25) is 5.91 Å². The zero-order valence-corrected chi connectivity index (χ0v) is 9.82. The zero-order valence-electron chi connectivity index (χ0n) is 9.01. The minimum Gasteiger partial charge on any atom is -0.356 e. The molecule has 1 heterocycles. The van der Waals surface area contributed by atoms with Gasteiger partial charge in [0.25, 0.3) is 0 Å². The number of hydrogen-bond acceptors (Lipinski definition) is 3. The molecule has 0 saturated heterocycles. The van der Waals surface area contributed by atoms with Crippen LogP contribution in [0.1, 0.15) is 35.3 Å². The monoisotopic (exact) mass is 224 g/mol. The van der Waals surface area contributed by atoms with Gasteiger partial charge in [0, 0.05) is 24.3 Å². The Labute approximate surface area is 93.9 Å². The van der Waals surface area contributed by atoms with Gasteiger partial charge in [0.15, 0.2) is 0 Å². The second-order valence-electron chi connectivity index (χ2n) is 3.78. The van der Waals surface area contributed by atoms with Crippen molar-refractivity contribution < 1.29 is 4.79 Å². The Hall–Kier alpha value is -0.900. The number of thiazole rings is 1. The number of nitrogens with zero attached hydrogens (tertiary/aromatic N) is 1. The van der Waals surface area contributed by atoms with Crippen molar-refractivity contribution in [2.24, 2.45) is 0 Å². The van der Waals surface area contributed by atoms with Gasteiger partial charge in [-0.1, -0.05) is 6.92 Å². The number of aromatic nitrogens is 1. The SMILES string of the molecule is CCC(=O)NCCc1nc2c(s1)CCC2. The minimum absolute atomic E-state index is 0.124. The van der Waals surface area contributed by atoms with E-state index in [1.54, 1.807) is 0 Å². The molecule has 3 nitrogen and oxygen atoms in total. The summed E-state index contributed by atoms with van der Waals surface area (Å²) in [6.07, 6.45) is 5.06. The number of fused-ring (bicyclic) bond motifs is 1. The molecular weight excluding hydrogens is 208 g/mol. The van der Waals surface area contributed by atoms with Gasteiger partial charge in [0.05, 0.1) is 10.7 Å². The highest BCUT2D eigenvalue weighted by atomic mass is 32.1. The van der Waals surface area contributed by atoms with E-state index in [2.05, 4.69) is 10.3 Å². The maximum absolute atomic E-state index is 11.0. The predicted molar refractivity (Wildman–Crippen MR) is 61.1 cm³/mol. The van der Waals surface area contributed by atoms with Crippen LogP contribution in [0.3, 0.4) is 0 Å². The van der Waals surface area contributed by atoms with E-state index < -0.39 is 0 Å². The van der Waals surface area contributed by atoms with Crippen LogP contribution in [0.2, 0.25) is 0 Å². The quantitative estimate of drug-likeness (QED) is 0.846. The van der Waals surface area contributed by atoms with Crippen LogP contribution in [-0.4, -0.2) is 17.4 Å². The summed E-state index contributed by atoms with van der Waals surface area (Å²) in [4.78, 5) is 17.1. The first-order valence-corrected chi connectivity index (χ1v) is 6.35. The van der Waals surface area contributed by atoms with Gasteiger partial charge in [-0.15, -0.1) is 11.3 Å². The van der Waals surface area contributed by atoms with Crippen molar-refractivity contribution in [2.75, 3.05) is 6.54 Å². The van der Waals surface area contributed by atoms with E-state index in [1.165, 1.54) is 28.4 Å². The van der Waals surface area contributed by atoms with Crippen molar-refractivity contribution in [2.45, 2.75) is 39.0 Å². The molecule has 1 aliphatic carbocycles. The summed E-state index contributed by atoms with van der Waals surface area (Å²) in [5, 5.41) is 4.05. The third-order valence-electron chi connectivity index (χ3n) is 2.62. The highest BCUT2D eigenvalue weighted by molar-refractivity contribution is 7.11. The number of amides is 1. The van der Waals surface area contributed by atoms with Crippen molar-refractivity contribution in [1.29, 1.82) is 0 Å². The summed E-state index contributed by atoms with van der Waals surface area (Å²) in [6.45, 7) is 2.59. The summed E-state index contributed by atoms with van der Waals surface area (Å²) in [5.41, 5.74) is 1.30. The molecule has 0 spiro atoms. The number of hydrogen-bond donors (Lipinski definition) is 1. The average Bonchev–Trinajstić information content (AvgIpc) is 2.77. The van der Waals surface area contributed by atoms with Crippen molar-refractivity contribution in [1.82, 2.24) is 10.3 Å². The molecule has 0 aliphatic heterocycles. The summed E-state index contributed by atoms with van der Waals surface area (Å²) in [7, 11) is 0. The lowest BCUT2D eigenvalue weighted by Gasteiger charge is -2.00. The summed E-state index contributed by atoms with van der Waals surface area (Å²) < 4.78 is 0. The molecule has 1 aliphatic rings. The molecular formula is C11H16N2OS. The molecule has 0 radical (unpaired) electrons. The summed E-state index contributed by atoms with van der Waals surface area (Å²) in [5.74, 6) is 0.124. The largest absolute Gasteiger partial charge is 0.356 e. The van der Waals surface area contributed by atoms with Crippen LogP contribution < -0.4 is 5.32 Å². The second kappa shape index (κ2) is 4.75. The Bertz CT molecular complexity index is 338. The van der Waals surface area contributed by atoms with Gasteiger partial charge in [-0.25, -0.2) is 4.98 Å². The molecule has 1 N–H and O–H groups in total. The number of aryl methyl sites for hydroxylation is 2. The Kier molecular flexibility index (Phi) is 3.36. The summed E-state index contributed by atoms with van der Waals surface area (Å²) in [6, 6.07) is 0. The molecule has 0 fully saturated rings. The molecule has 0 atom stereocenters. The van der Waals surface area contributed by atoms with Gasteiger partial charge in [-0.05, 0) is 19.3 Å². The number of carbonyl (C=O) groups excluding carboxylic acids is 1. The lowest BCUT2D eigenvalue weighted by atomic mass is 10.3. The van der Waals surface area contributed by atoms with E-state index in [0.717, 1.165) is 19.4 Å². The normalized spacial score (nSPS) is 13.9. The van der Waals surface area contributed by atoms with Crippen molar-refractivity contribution in [3.8, 4) is 0 Å². The third kappa shape index (κ3) is 2.56. The lowest BCUT2D eigenvalue weighted by molar-refractivity contribution is -0.120. The Balaban J connectivity index is 1.81. The van der Waals surface area contributed by atoms with Crippen molar-refractivity contribution in [3.05, 3.63) is 15.6 Å². The molecule has 0 saturated carbocycles. The predicted octanol–water partition coefficient (Wildman–Crippen LogP) is 1.70. The molecule has 1 amide bonds. The zero-order chi connectivity index (χ0) is 10.7. The fourth-order valence-corrected chi connectivity index (χ4v) is 2.94.